The first-order valence-corrected chi connectivity index (χ1v) is 15.9. The first kappa shape index (κ1) is 31.9. The van der Waals surface area contributed by atoms with Crippen molar-refractivity contribution in [2.24, 2.45) is 5.92 Å². The van der Waals surface area contributed by atoms with E-state index < -0.39 is 31.1 Å². The molecule has 43 heavy (non-hydrogen) atoms. The van der Waals surface area contributed by atoms with Crippen molar-refractivity contribution in [2.75, 3.05) is 0 Å². The number of hydrogen-bond acceptors (Lipinski definition) is 6. The molecule has 7 nitrogen and oxygen atoms in total. The molecule has 0 aromatic heterocycles. The molecule has 0 amide bonds. The molecule has 0 saturated heterocycles. The van der Waals surface area contributed by atoms with Crippen molar-refractivity contribution in [2.45, 2.75) is 51.7 Å². The summed E-state index contributed by atoms with van der Waals surface area (Å²) in [7, 11) is -4.30. The predicted octanol–water partition coefficient (Wildman–Crippen LogP) is 7.71. The number of benzene rings is 4. The van der Waals surface area contributed by atoms with Crippen LogP contribution >= 0.6 is 7.60 Å². The van der Waals surface area contributed by atoms with Crippen LogP contribution in [0.5, 0.6) is 0 Å². The van der Waals surface area contributed by atoms with E-state index in [1.165, 1.54) is 0 Å². The summed E-state index contributed by atoms with van der Waals surface area (Å²) >= 11 is 0. The van der Waals surface area contributed by atoms with E-state index in [0.29, 0.717) is 5.56 Å². The predicted molar refractivity (Wildman–Crippen MR) is 165 cm³/mol. The van der Waals surface area contributed by atoms with Gasteiger partial charge in [0.25, 0.3) is 0 Å². The van der Waals surface area contributed by atoms with Crippen molar-refractivity contribution in [1.29, 1.82) is 0 Å². The molecule has 1 N–H and O–H groups in total. The van der Waals surface area contributed by atoms with Gasteiger partial charge >= 0.3 is 19.5 Å². The zero-order valence-electron chi connectivity index (χ0n) is 24.2. The van der Waals surface area contributed by atoms with Gasteiger partial charge in [-0.2, -0.15) is 0 Å². The van der Waals surface area contributed by atoms with E-state index in [1.54, 1.807) is 24.3 Å². The zero-order chi connectivity index (χ0) is 30.5. The lowest BCUT2D eigenvalue weighted by atomic mass is 9.94. The molecular weight excluding hydrogens is 563 g/mol. The van der Waals surface area contributed by atoms with Crippen LogP contribution in [-0.2, 0) is 48.0 Å². The van der Waals surface area contributed by atoms with Gasteiger partial charge in [-0.25, -0.2) is 0 Å². The van der Waals surface area contributed by atoms with Crippen LogP contribution in [0.3, 0.4) is 0 Å². The lowest BCUT2D eigenvalue weighted by Gasteiger charge is -2.26. The average molecular weight is 601 g/mol. The minimum Gasteiger partial charge on any atom is -0.461 e. The highest BCUT2D eigenvalue weighted by Crippen LogP contribution is 2.59. The van der Waals surface area contributed by atoms with Gasteiger partial charge in [-0.15, -0.1) is 0 Å². The molecular formula is C35H37O7P. The highest BCUT2D eigenvalue weighted by atomic mass is 31.2. The Morgan fingerprint density at radius 3 is 1.79 bits per heavy atom. The number of aryl methyl sites for hydroxylation is 1. The number of hydrogen-bond donors (Lipinski definition) is 1. The Labute approximate surface area is 253 Å². The SMILES string of the molecule is Cc1ccc(COP(=O)(O)C(CC(CCC(=O)OCc2ccccc2)C(=O)OCc2ccccc2)c2ccccc2)cc1. The van der Waals surface area contributed by atoms with Crippen molar-refractivity contribution in [3.63, 3.8) is 0 Å². The third kappa shape index (κ3) is 10.3. The van der Waals surface area contributed by atoms with Gasteiger partial charge in [0, 0.05) is 6.42 Å². The molecule has 0 aliphatic rings. The van der Waals surface area contributed by atoms with Crippen LogP contribution < -0.4 is 0 Å². The second-order valence-electron chi connectivity index (χ2n) is 10.5. The average Bonchev–Trinajstić information content (AvgIpc) is 3.03. The minimum absolute atomic E-state index is 0.0470. The van der Waals surface area contributed by atoms with Gasteiger partial charge in [-0.1, -0.05) is 121 Å². The molecule has 0 heterocycles. The van der Waals surface area contributed by atoms with Gasteiger partial charge in [0.15, 0.2) is 0 Å². The fraction of sp³-hybridized carbons (Fsp3) is 0.257. The standard InChI is InChI=1S/C35H37O7P/c1-27-17-19-30(20-18-27)26-42-43(38,39)33(31-15-9-4-10-16-31)23-32(35(37)41-25-29-13-7-3-8-14-29)21-22-34(36)40-24-28-11-5-2-6-12-28/h2-20,32-33H,21-26H2,1H3,(H,38,39). The molecule has 4 aromatic rings. The monoisotopic (exact) mass is 600 g/mol. The molecule has 3 unspecified atom stereocenters. The number of carbonyl (C=O) groups excluding carboxylic acids is 2. The molecule has 0 saturated carbocycles. The van der Waals surface area contributed by atoms with E-state index >= 15 is 0 Å². The van der Waals surface area contributed by atoms with Crippen molar-refractivity contribution in [1.82, 2.24) is 0 Å². The molecule has 0 fully saturated rings. The summed E-state index contributed by atoms with van der Waals surface area (Å²) in [4.78, 5) is 37.3. The Balaban J connectivity index is 1.50. The molecule has 3 atom stereocenters. The van der Waals surface area contributed by atoms with Crippen molar-refractivity contribution >= 4 is 19.5 Å². The van der Waals surface area contributed by atoms with Crippen LogP contribution in [0.2, 0.25) is 0 Å². The maximum atomic E-state index is 13.8. The van der Waals surface area contributed by atoms with Crippen LogP contribution in [0.4, 0.5) is 0 Å². The lowest BCUT2D eigenvalue weighted by molar-refractivity contribution is -0.151. The fourth-order valence-electron chi connectivity index (χ4n) is 4.62. The second-order valence-corrected chi connectivity index (χ2v) is 12.5. The van der Waals surface area contributed by atoms with Crippen LogP contribution in [0, 0.1) is 12.8 Å². The Bertz CT molecular complexity index is 1480. The second kappa shape index (κ2) is 16.0. The lowest BCUT2D eigenvalue weighted by Crippen LogP contribution is -2.22. The summed E-state index contributed by atoms with van der Waals surface area (Å²) in [5.74, 6) is -1.88. The van der Waals surface area contributed by atoms with E-state index in [9.17, 15) is 19.0 Å². The fourth-order valence-corrected chi connectivity index (χ4v) is 6.21. The van der Waals surface area contributed by atoms with Crippen molar-refractivity contribution in [3.8, 4) is 0 Å². The van der Waals surface area contributed by atoms with E-state index in [2.05, 4.69) is 0 Å². The zero-order valence-corrected chi connectivity index (χ0v) is 25.1. The topological polar surface area (TPSA) is 99.1 Å². The quantitative estimate of drug-likeness (QED) is 0.110. The van der Waals surface area contributed by atoms with Crippen molar-refractivity contribution < 1.29 is 33.0 Å². The maximum absolute atomic E-state index is 13.8. The highest BCUT2D eigenvalue weighted by Gasteiger charge is 2.38. The van der Waals surface area contributed by atoms with Gasteiger partial charge in [-0.3, -0.25) is 14.2 Å². The smallest absolute Gasteiger partial charge is 0.335 e. The molecule has 0 bridgehead atoms. The summed E-state index contributed by atoms with van der Waals surface area (Å²) in [6, 6.07) is 34.9. The summed E-state index contributed by atoms with van der Waals surface area (Å²) < 4.78 is 30.5. The van der Waals surface area contributed by atoms with Gasteiger partial charge < -0.3 is 18.9 Å². The number of rotatable bonds is 15. The highest BCUT2D eigenvalue weighted by molar-refractivity contribution is 7.53. The Kier molecular flexibility index (Phi) is 11.9. The normalized spacial score (nSPS) is 13.8. The Hall–Kier alpha value is -4.03. The van der Waals surface area contributed by atoms with Gasteiger partial charge in [0.1, 0.15) is 13.2 Å². The largest absolute Gasteiger partial charge is 0.461 e. The van der Waals surface area contributed by atoms with Gasteiger partial charge in [-0.05, 0) is 42.0 Å². The molecule has 8 heteroatoms. The van der Waals surface area contributed by atoms with Crippen LogP contribution in [0.25, 0.3) is 0 Å². The molecule has 0 spiro atoms. The summed E-state index contributed by atoms with van der Waals surface area (Å²) in [6.45, 7) is 2.06. The summed E-state index contributed by atoms with van der Waals surface area (Å²) in [5, 5.41) is 0. The Morgan fingerprint density at radius 1 is 0.698 bits per heavy atom. The number of carbonyl (C=O) groups is 2. The summed E-state index contributed by atoms with van der Waals surface area (Å²) in [5.41, 5.74) is 3.03. The molecule has 0 aliphatic carbocycles. The van der Waals surface area contributed by atoms with Gasteiger partial charge in [0.05, 0.1) is 18.2 Å². The number of esters is 2. The molecule has 4 rings (SSSR count). The van der Waals surface area contributed by atoms with E-state index in [-0.39, 0.29) is 39.1 Å². The maximum Gasteiger partial charge on any atom is 0.335 e. The first-order chi connectivity index (χ1) is 20.8. The molecule has 224 valence electrons. The third-order valence-corrected chi connectivity index (χ3v) is 8.92. The van der Waals surface area contributed by atoms with E-state index in [0.717, 1.165) is 22.3 Å². The van der Waals surface area contributed by atoms with Crippen molar-refractivity contribution in [3.05, 3.63) is 143 Å². The summed E-state index contributed by atoms with van der Waals surface area (Å²) in [6.07, 6.45) is -0.0206. The molecule has 0 radical (unpaired) electrons. The molecule has 4 aromatic carbocycles. The minimum atomic E-state index is -4.30. The van der Waals surface area contributed by atoms with Crippen LogP contribution in [0.15, 0.2) is 115 Å². The van der Waals surface area contributed by atoms with Crippen LogP contribution in [0.1, 0.15) is 52.7 Å². The van der Waals surface area contributed by atoms with E-state index in [1.807, 2.05) is 97.9 Å². The molecule has 0 aliphatic heterocycles. The van der Waals surface area contributed by atoms with Gasteiger partial charge in [0.2, 0.25) is 0 Å². The first-order valence-electron chi connectivity index (χ1n) is 14.3. The van der Waals surface area contributed by atoms with Crippen LogP contribution in [-0.4, -0.2) is 16.8 Å². The van der Waals surface area contributed by atoms with E-state index in [4.69, 9.17) is 14.0 Å². The Morgan fingerprint density at radius 2 is 1.21 bits per heavy atom. The number of ether oxygens (including phenoxy) is 2. The third-order valence-electron chi connectivity index (χ3n) is 7.12.